The molecule has 1 heterocycles. The second-order valence-corrected chi connectivity index (χ2v) is 7.96. The molecule has 7 heteroatoms. The molecule has 1 aliphatic heterocycles. The monoisotopic (exact) mass is 492 g/mol. The number of ether oxygens (including phenoxy) is 1. The van der Waals surface area contributed by atoms with E-state index in [4.69, 9.17) is 4.74 Å². The summed E-state index contributed by atoms with van der Waals surface area (Å²) < 4.78 is 6.03. The Labute approximate surface area is 181 Å². The minimum absolute atomic E-state index is 0. The lowest BCUT2D eigenvalue weighted by molar-refractivity contribution is -0.129. The minimum Gasteiger partial charge on any atom is -0.378 e. The summed E-state index contributed by atoms with van der Waals surface area (Å²) in [4.78, 5) is 18.6. The number of likely N-dealkylation sites (tertiary alicyclic amines) is 1. The topological polar surface area (TPSA) is 66.0 Å². The van der Waals surface area contributed by atoms with E-state index < -0.39 is 0 Å². The van der Waals surface area contributed by atoms with Gasteiger partial charge in [-0.2, -0.15) is 0 Å². The Morgan fingerprint density at radius 1 is 1.22 bits per heavy atom. The molecular weight excluding hydrogens is 455 g/mol. The molecule has 3 rings (SSSR count). The predicted molar refractivity (Wildman–Crippen MR) is 120 cm³/mol. The molecule has 2 saturated carbocycles. The lowest BCUT2D eigenvalue weighted by atomic mass is 9.60. The van der Waals surface area contributed by atoms with E-state index in [-0.39, 0.29) is 29.9 Å². The fraction of sp³-hybridized carbons (Fsp3) is 0.900. The van der Waals surface area contributed by atoms with Crippen molar-refractivity contribution in [3.8, 4) is 0 Å². The molecule has 1 spiro atoms. The van der Waals surface area contributed by atoms with Crippen molar-refractivity contribution in [3.05, 3.63) is 0 Å². The molecule has 0 aromatic rings. The van der Waals surface area contributed by atoms with E-state index >= 15 is 0 Å². The minimum atomic E-state index is 0. The van der Waals surface area contributed by atoms with Crippen molar-refractivity contribution in [2.45, 2.75) is 83.9 Å². The van der Waals surface area contributed by atoms with E-state index in [1.165, 1.54) is 25.7 Å². The predicted octanol–water partition coefficient (Wildman–Crippen LogP) is 2.91. The highest BCUT2D eigenvalue weighted by molar-refractivity contribution is 14.0. The van der Waals surface area contributed by atoms with Gasteiger partial charge in [-0.05, 0) is 39.5 Å². The summed E-state index contributed by atoms with van der Waals surface area (Å²) in [6.07, 6.45) is 8.20. The first-order valence-corrected chi connectivity index (χ1v) is 10.6. The van der Waals surface area contributed by atoms with Gasteiger partial charge in [-0.25, -0.2) is 0 Å². The lowest BCUT2D eigenvalue weighted by Crippen LogP contribution is -2.65. The van der Waals surface area contributed by atoms with Crippen molar-refractivity contribution in [1.82, 2.24) is 15.5 Å². The number of carbonyl (C=O) groups is 1. The van der Waals surface area contributed by atoms with E-state index in [1.807, 2.05) is 11.8 Å². The number of rotatable bonds is 6. The van der Waals surface area contributed by atoms with Crippen LogP contribution in [0.5, 0.6) is 0 Å². The number of amides is 1. The molecule has 156 valence electrons. The Bertz CT molecular complexity index is 522. The molecule has 6 nitrogen and oxygen atoms in total. The largest absolute Gasteiger partial charge is 0.378 e. The molecule has 2 N–H and O–H groups in total. The van der Waals surface area contributed by atoms with Gasteiger partial charge in [0.05, 0.1) is 6.10 Å². The van der Waals surface area contributed by atoms with E-state index in [2.05, 4.69) is 29.5 Å². The zero-order chi connectivity index (χ0) is 18.6. The van der Waals surface area contributed by atoms with Crippen molar-refractivity contribution >= 4 is 35.8 Å². The fourth-order valence-corrected chi connectivity index (χ4v) is 5.07. The van der Waals surface area contributed by atoms with Crippen LogP contribution in [0.15, 0.2) is 4.99 Å². The molecular formula is C20H37IN4O2. The molecule has 0 radical (unpaired) electrons. The van der Waals surface area contributed by atoms with Crippen molar-refractivity contribution in [2.24, 2.45) is 10.4 Å². The van der Waals surface area contributed by atoms with Crippen LogP contribution < -0.4 is 10.6 Å². The molecule has 0 aromatic heterocycles. The van der Waals surface area contributed by atoms with Crippen LogP contribution >= 0.6 is 24.0 Å². The third kappa shape index (κ3) is 4.89. The fourth-order valence-electron chi connectivity index (χ4n) is 5.07. The molecule has 3 fully saturated rings. The van der Waals surface area contributed by atoms with Gasteiger partial charge in [0.2, 0.25) is 5.91 Å². The highest BCUT2D eigenvalue weighted by Crippen LogP contribution is 2.54. The third-order valence-electron chi connectivity index (χ3n) is 6.50. The lowest BCUT2D eigenvalue weighted by Gasteiger charge is -2.54. The van der Waals surface area contributed by atoms with Crippen LogP contribution in [0.4, 0.5) is 0 Å². The van der Waals surface area contributed by atoms with Gasteiger partial charge in [-0.15, -0.1) is 24.0 Å². The average Bonchev–Trinajstić information content (AvgIpc) is 3.31. The van der Waals surface area contributed by atoms with Gasteiger partial charge in [-0.1, -0.05) is 19.8 Å². The van der Waals surface area contributed by atoms with Crippen molar-refractivity contribution < 1.29 is 9.53 Å². The van der Waals surface area contributed by atoms with Crippen molar-refractivity contribution in [1.29, 1.82) is 0 Å². The first kappa shape index (κ1) is 22.7. The van der Waals surface area contributed by atoms with Crippen LogP contribution in [-0.4, -0.2) is 61.2 Å². The van der Waals surface area contributed by atoms with Crippen LogP contribution in [0.2, 0.25) is 0 Å². The molecule has 0 bridgehead atoms. The quantitative estimate of drug-likeness (QED) is 0.340. The molecule has 0 aromatic carbocycles. The molecule has 27 heavy (non-hydrogen) atoms. The molecule has 1 saturated heterocycles. The number of hydrogen-bond donors (Lipinski definition) is 2. The first-order valence-electron chi connectivity index (χ1n) is 10.6. The number of guanidine groups is 1. The second-order valence-electron chi connectivity index (χ2n) is 7.96. The van der Waals surface area contributed by atoms with E-state index in [1.54, 1.807) is 0 Å². The Hall–Kier alpha value is -0.570. The van der Waals surface area contributed by atoms with Gasteiger partial charge in [0.15, 0.2) is 5.96 Å². The van der Waals surface area contributed by atoms with E-state index in [9.17, 15) is 4.79 Å². The maximum Gasteiger partial charge on any atom is 0.222 e. The molecule has 3 aliphatic rings. The number of nitrogens with one attached hydrogen (secondary N) is 2. The van der Waals surface area contributed by atoms with Gasteiger partial charge in [0, 0.05) is 50.2 Å². The summed E-state index contributed by atoms with van der Waals surface area (Å²) in [5.74, 6) is 1.16. The Balaban J connectivity index is 0.00000261. The Kier molecular flexibility index (Phi) is 8.65. The SMILES string of the molecule is CCN=C(NC1CCN(C(=O)CC)C1)NC1CC(OCC)C12CCCC2.I. The zero-order valence-electron chi connectivity index (χ0n) is 17.1. The molecule has 1 amide bonds. The third-order valence-corrected chi connectivity index (χ3v) is 6.50. The molecule has 3 unspecified atom stereocenters. The standard InChI is InChI=1S/C20H36N4O2.HI/c1-4-18(25)24-12-9-15(14-24)22-19(21-5-2)23-16-13-17(26-6-3)20(16)10-7-8-11-20;/h15-17H,4-14H2,1-3H3,(H2,21,22,23);1H. The molecule has 3 atom stereocenters. The zero-order valence-corrected chi connectivity index (χ0v) is 19.5. The summed E-state index contributed by atoms with van der Waals surface area (Å²) in [7, 11) is 0. The number of aliphatic imine (C=N–C) groups is 1. The molecule has 2 aliphatic carbocycles. The summed E-state index contributed by atoms with van der Waals surface area (Å²) in [5, 5.41) is 7.30. The Morgan fingerprint density at radius 2 is 1.96 bits per heavy atom. The number of carbonyl (C=O) groups excluding carboxylic acids is 1. The van der Waals surface area contributed by atoms with Crippen molar-refractivity contribution in [2.75, 3.05) is 26.2 Å². The number of nitrogens with zero attached hydrogens (tertiary/aromatic N) is 2. The van der Waals surface area contributed by atoms with Gasteiger partial charge < -0.3 is 20.3 Å². The highest BCUT2D eigenvalue weighted by Gasteiger charge is 2.57. The first-order chi connectivity index (χ1) is 12.6. The van der Waals surface area contributed by atoms with Gasteiger partial charge in [0.25, 0.3) is 0 Å². The van der Waals surface area contributed by atoms with Gasteiger partial charge in [-0.3, -0.25) is 9.79 Å². The van der Waals surface area contributed by atoms with Crippen LogP contribution in [0, 0.1) is 5.41 Å². The van der Waals surface area contributed by atoms with Gasteiger partial charge in [0.1, 0.15) is 0 Å². The summed E-state index contributed by atoms with van der Waals surface area (Å²) in [6, 6.07) is 0.750. The van der Waals surface area contributed by atoms with Crippen LogP contribution in [0.25, 0.3) is 0 Å². The Morgan fingerprint density at radius 3 is 2.59 bits per heavy atom. The highest BCUT2D eigenvalue weighted by atomic mass is 127. The summed E-state index contributed by atoms with van der Waals surface area (Å²) >= 11 is 0. The summed E-state index contributed by atoms with van der Waals surface area (Å²) in [6.45, 7) is 9.29. The van der Waals surface area contributed by atoms with E-state index in [0.717, 1.165) is 45.0 Å². The number of hydrogen-bond acceptors (Lipinski definition) is 3. The van der Waals surface area contributed by atoms with Crippen LogP contribution in [-0.2, 0) is 9.53 Å². The van der Waals surface area contributed by atoms with E-state index in [0.29, 0.717) is 30.0 Å². The summed E-state index contributed by atoms with van der Waals surface area (Å²) in [5.41, 5.74) is 0.298. The average molecular weight is 492 g/mol. The maximum absolute atomic E-state index is 11.9. The second kappa shape index (κ2) is 10.3. The van der Waals surface area contributed by atoms with Crippen LogP contribution in [0.1, 0.15) is 65.7 Å². The maximum atomic E-state index is 11.9. The smallest absolute Gasteiger partial charge is 0.222 e. The normalized spacial score (nSPS) is 29.4. The van der Waals surface area contributed by atoms with Crippen molar-refractivity contribution in [3.63, 3.8) is 0 Å². The van der Waals surface area contributed by atoms with Crippen LogP contribution in [0.3, 0.4) is 0 Å². The number of halogens is 1. The van der Waals surface area contributed by atoms with Gasteiger partial charge >= 0.3 is 0 Å².